The number of rotatable bonds is 4. The standard InChI is InChI=1S/C14H27N3O3/c1-5-6-16(11-12(18)19)13(20)15-7-9-17(10-8-15)14(2,3)4/h5-11H2,1-4H3,(H,18,19). The van der Waals surface area contributed by atoms with Gasteiger partial charge in [0.1, 0.15) is 6.54 Å². The summed E-state index contributed by atoms with van der Waals surface area (Å²) >= 11 is 0. The smallest absolute Gasteiger partial charge is 0.323 e. The maximum absolute atomic E-state index is 12.4. The van der Waals surface area contributed by atoms with Crippen LogP contribution in [0.4, 0.5) is 4.79 Å². The molecule has 0 aromatic heterocycles. The average molecular weight is 285 g/mol. The highest BCUT2D eigenvalue weighted by atomic mass is 16.4. The van der Waals surface area contributed by atoms with Gasteiger partial charge in [0, 0.05) is 38.3 Å². The van der Waals surface area contributed by atoms with E-state index in [9.17, 15) is 9.59 Å². The third kappa shape index (κ3) is 4.67. The first-order valence-electron chi connectivity index (χ1n) is 7.26. The van der Waals surface area contributed by atoms with Gasteiger partial charge in [-0.3, -0.25) is 9.69 Å². The molecular weight excluding hydrogens is 258 g/mol. The number of carbonyl (C=O) groups excluding carboxylic acids is 1. The van der Waals surface area contributed by atoms with Gasteiger partial charge < -0.3 is 14.9 Å². The summed E-state index contributed by atoms with van der Waals surface area (Å²) in [5.41, 5.74) is 0.110. The first kappa shape index (κ1) is 16.8. The van der Waals surface area contributed by atoms with Crippen molar-refractivity contribution in [2.75, 3.05) is 39.3 Å². The van der Waals surface area contributed by atoms with Crippen LogP contribution in [0.2, 0.25) is 0 Å². The molecule has 1 aliphatic rings. The van der Waals surface area contributed by atoms with Gasteiger partial charge in [0.25, 0.3) is 0 Å². The lowest BCUT2D eigenvalue weighted by molar-refractivity contribution is -0.137. The van der Waals surface area contributed by atoms with Gasteiger partial charge in [-0.1, -0.05) is 6.92 Å². The Labute approximate surface area is 121 Å². The SMILES string of the molecule is CCCN(CC(=O)O)C(=O)N1CCN(C(C)(C)C)CC1. The fourth-order valence-electron chi connectivity index (χ4n) is 2.44. The summed E-state index contributed by atoms with van der Waals surface area (Å²) in [5.74, 6) is -0.958. The predicted molar refractivity (Wildman–Crippen MR) is 77.8 cm³/mol. The van der Waals surface area contributed by atoms with Crippen molar-refractivity contribution in [3.8, 4) is 0 Å². The van der Waals surface area contributed by atoms with E-state index in [1.807, 2.05) is 6.92 Å². The van der Waals surface area contributed by atoms with E-state index in [0.717, 1.165) is 19.5 Å². The van der Waals surface area contributed by atoms with Crippen molar-refractivity contribution < 1.29 is 14.7 Å². The van der Waals surface area contributed by atoms with Gasteiger partial charge in [-0.2, -0.15) is 0 Å². The molecule has 0 unspecified atom stereocenters. The molecule has 116 valence electrons. The van der Waals surface area contributed by atoms with Crippen molar-refractivity contribution in [1.82, 2.24) is 14.7 Å². The molecule has 6 nitrogen and oxygen atoms in total. The second-order valence-corrected chi connectivity index (χ2v) is 6.24. The Balaban J connectivity index is 2.57. The molecule has 0 bridgehead atoms. The van der Waals surface area contributed by atoms with Gasteiger partial charge in [-0.15, -0.1) is 0 Å². The molecule has 0 spiro atoms. The third-order valence-electron chi connectivity index (χ3n) is 3.59. The Kier molecular flexibility index (Phi) is 5.80. The van der Waals surface area contributed by atoms with Crippen molar-refractivity contribution in [3.63, 3.8) is 0 Å². The summed E-state index contributed by atoms with van der Waals surface area (Å²) in [7, 11) is 0. The number of urea groups is 1. The maximum Gasteiger partial charge on any atom is 0.323 e. The molecule has 1 fully saturated rings. The highest BCUT2D eigenvalue weighted by molar-refractivity contribution is 5.80. The molecule has 1 rings (SSSR count). The van der Waals surface area contributed by atoms with Crippen molar-refractivity contribution in [2.45, 2.75) is 39.7 Å². The molecule has 0 radical (unpaired) electrons. The zero-order valence-electron chi connectivity index (χ0n) is 13.1. The van der Waals surface area contributed by atoms with E-state index in [-0.39, 0.29) is 18.1 Å². The number of carbonyl (C=O) groups is 2. The topological polar surface area (TPSA) is 64.1 Å². The molecule has 0 aliphatic carbocycles. The molecule has 1 aliphatic heterocycles. The van der Waals surface area contributed by atoms with Crippen LogP contribution in [0.3, 0.4) is 0 Å². The number of nitrogens with zero attached hydrogens (tertiary/aromatic N) is 3. The number of hydrogen-bond acceptors (Lipinski definition) is 3. The fourth-order valence-corrected chi connectivity index (χ4v) is 2.44. The third-order valence-corrected chi connectivity index (χ3v) is 3.59. The zero-order valence-corrected chi connectivity index (χ0v) is 13.1. The minimum absolute atomic E-state index is 0.110. The van der Waals surface area contributed by atoms with E-state index in [2.05, 4.69) is 25.7 Å². The predicted octanol–water partition coefficient (Wildman–Crippen LogP) is 1.32. The minimum atomic E-state index is -0.958. The Morgan fingerprint density at radius 1 is 1.15 bits per heavy atom. The first-order chi connectivity index (χ1) is 9.25. The van der Waals surface area contributed by atoms with E-state index in [1.165, 1.54) is 4.90 Å². The van der Waals surface area contributed by atoms with Gasteiger partial charge >= 0.3 is 12.0 Å². The van der Waals surface area contributed by atoms with E-state index in [4.69, 9.17) is 5.11 Å². The molecule has 0 aromatic rings. The van der Waals surface area contributed by atoms with Crippen LogP contribution >= 0.6 is 0 Å². The van der Waals surface area contributed by atoms with Crippen LogP contribution in [-0.2, 0) is 4.79 Å². The van der Waals surface area contributed by atoms with E-state index in [0.29, 0.717) is 19.6 Å². The molecule has 0 atom stereocenters. The van der Waals surface area contributed by atoms with Gasteiger partial charge in [-0.05, 0) is 27.2 Å². The van der Waals surface area contributed by atoms with Gasteiger partial charge in [0.05, 0.1) is 0 Å². The van der Waals surface area contributed by atoms with Crippen LogP contribution in [0.1, 0.15) is 34.1 Å². The molecule has 1 N–H and O–H groups in total. The van der Waals surface area contributed by atoms with Gasteiger partial charge in [-0.25, -0.2) is 4.79 Å². The Morgan fingerprint density at radius 2 is 1.70 bits per heavy atom. The summed E-state index contributed by atoms with van der Waals surface area (Å²) in [4.78, 5) is 28.7. The number of aliphatic carboxylic acids is 1. The summed E-state index contributed by atoms with van der Waals surface area (Å²) < 4.78 is 0. The molecule has 20 heavy (non-hydrogen) atoms. The van der Waals surface area contributed by atoms with Crippen LogP contribution in [0.5, 0.6) is 0 Å². The highest BCUT2D eigenvalue weighted by Gasteiger charge is 2.30. The van der Waals surface area contributed by atoms with E-state index < -0.39 is 5.97 Å². The summed E-state index contributed by atoms with van der Waals surface area (Å²) in [6.07, 6.45) is 0.765. The van der Waals surface area contributed by atoms with E-state index in [1.54, 1.807) is 4.90 Å². The second-order valence-electron chi connectivity index (χ2n) is 6.24. The van der Waals surface area contributed by atoms with Crippen LogP contribution in [-0.4, -0.2) is 76.6 Å². The van der Waals surface area contributed by atoms with Crippen LogP contribution in [0.15, 0.2) is 0 Å². The Hall–Kier alpha value is -1.30. The lowest BCUT2D eigenvalue weighted by atomic mass is 10.1. The number of amides is 2. The summed E-state index contributed by atoms with van der Waals surface area (Å²) in [5, 5.41) is 8.89. The van der Waals surface area contributed by atoms with E-state index >= 15 is 0 Å². The van der Waals surface area contributed by atoms with Crippen LogP contribution in [0, 0.1) is 0 Å². The first-order valence-corrected chi connectivity index (χ1v) is 7.26. The number of hydrogen-bond donors (Lipinski definition) is 1. The van der Waals surface area contributed by atoms with Crippen LogP contribution in [0.25, 0.3) is 0 Å². The lowest BCUT2D eigenvalue weighted by Gasteiger charge is -2.43. The zero-order chi connectivity index (χ0) is 15.3. The summed E-state index contributed by atoms with van der Waals surface area (Å²) in [6, 6.07) is -0.150. The normalized spacial score (nSPS) is 17.1. The Morgan fingerprint density at radius 3 is 2.10 bits per heavy atom. The Bertz CT molecular complexity index is 344. The van der Waals surface area contributed by atoms with Crippen molar-refractivity contribution in [1.29, 1.82) is 0 Å². The lowest BCUT2D eigenvalue weighted by Crippen LogP contribution is -2.57. The largest absolute Gasteiger partial charge is 0.480 e. The second kappa shape index (κ2) is 6.92. The van der Waals surface area contributed by atoms with Crippen LogP contribution < -0.4 is 0 Å². The number of carboxylic acids is 1. The average Bonchev–Trinajstić information content (AvgIpc) is 2.36. The molecule has 0 saturated carbocycles. The van der Waals surface area contributed by atoms with Crippen molar-refractivity contribution in [3.05, 3.63) is 0 Å². The highest BCUT2D eigenvalue weighted by Crippen LogP contribution is 2.16. The number of carboxylic acid groups (broad SMARTS) is 1. The van der Waals surface area contributed by atoms with Crippen molar-refractivity contribution >= 4 is 12.0 Å². The molecule has 1 saturated heterocycles. The molecule has 1 heterocycles. The maximum atomic E-state index is 12.4. The minimum Gasteiger partial charge on any atom is -0.480 e. The molecule has 6 heteroatoms. The quantitative estimate of drug-likeness (QED) is 0.846. The molecule has 0 aromatic carbocycles. The van der Waals surface area contributed by atoms with Gasteiger partial charge in [0.2, 0.25) is 0 Å². The molecule has 2 amide bonds. The van der Waals surface area contributed by atoms with Gasteiger partial charge in [0.15, 0.2) is 0 Å². The molecular formula is C14H27N3O3. The number of piperazine rings is 1. The summed E-state index contributed by atoms with van der Waals surface area (Å²) in [6.45, 7) is 11.7. The monoisotopic (exact) mass is 285 g/mol. The van der Waals surface area contributed by atoms with Crippen molar-refractivity contribution in [2.24, 2.45) is 0 Å². The fraction of sp³-hybridized carbons (Fsp3) is 0.857.